The first-order valence-corrected chi connectivity index (χ1v) is 6.66. The summed E-state index contributed by atoms with van der Waals surface area (Å²) < 4.78 is 5.18. The molecule has 2 N–H and O–H groups in total. The van der Waals surface area contributed by atoms with Gasteiger partial charge in [-0.05, 0) is 31.2 Å². The summed E-state index contributed by atoms with van der Waals surface area (Å²) >= 11 is 5.77. The SMILES string of the molecule is C[C@@H](NC(=O)CNC(=O)c1cc(Cl)ccn1)c1ccco1. The Morgan fingerprint density at radius 3 is 2.90 bits per heavy atom. The summed E-state index contributed by atoms with van der Waals surface area (Å²) in [5.41, 5.74) is 0.161. The Kier molecular flexibility index (Phi) is 4.94. The molecule has 2 aromatic heterocycles. The number of rotatable bonds is 5. The molecule has 0 saturated heterocycles. The van der Waals surface area contributed by atoms with Crippen LogP contribution in [0.5, 0.6) is 0 Å². The third kappa shape index (κ3) is 4.32. The van der Waals surface area contributed by atoms with E-state index in [9.17, 15) is 9.59 Å². The summed E-state index contributed by atoms with van der Waals surface area (Å²) in [6.07, 6.45) is 2.96. The second-order valence-corrected chi connectivity index (χ2v) is 4.78. The van der Waals surface area contributed by atoms with Crippen LogP contribution in [0.1, 0.15) is 29.2 Å². The number of carbonyl (C=O) groups is 2. The van der Waals surface area contributed by atoms with Crippen LogP contribution >= 0.6 is 11.6 Å². The van der Waals surface area contributed by atoms with Crippen molar-refractivity contribution in [2.24, 2.45) is 0 Å². The van der Waals surface area contributed by atoms with Gasteiger partial charge in [0.05, 0.1) is 18.8 Å². The number of hydrogen-bond acceptors (Lipinski definition) is 4. The molecule has 0 fully saturated rings. The van der Waals surface area contributed by atoms with Crippen LogP contribution in [0.3, 0.4) is 0 Å². The van der Waals surface area contributed by atoms with Crippen molar-refractivity contribution in [2.75, 3.05) is 6.54 Å². The molecule has 0 aliphatic heterocycles. The van der Waals surface area contributed by atoms with Gasteiger partial charge in [0.25, 0.3) is 5.91 Å². The number of halogens is 1. The minimum Gasteiger partial charge on any atom is -0.467 e. The second-order valence-electron chi connectivity index (χ2n) is 4.35. The molecule has 110 valence electrons. The first kappa shape index (κ1) is 15.1. The van der Waals surface area contributed by atoms with Crippen molar-refractivity contribution in [3.8, 4) is 0 Å². The minimum atomic E-state index is -0.460. The lowest BCUT2D eigenvalue weighted by Gasteiger charge is -2.11. The average molecular weight is 308 g/mol. The van der Waals surface area contributed by atoms with E-state index < -0.39 is 5.91 Å². The number of amides is 2. The average Bonchev–Trinajstić information content (AvgIpc) is 2.99. The van der Waals surface area contributed by atoms with E-state index in [2.05, 4.69) is 15.6 Å². The highest BCUT2D eigenvalue weighted by molar-refractivity contribution is 6.30. The summed E-state index contributed by atoms with van der Waals surface area (Å²) in [5.74, 6) is -0.140. The maximum absolute atomic E-state index is 11.8. The molecule has 0 unspecified atom stereocenters. The Balaban J connectivity index is 1.82. The van der Waals surface area contributed by atoms with E-state index >= 15 is 0 Å². The number of furan rings is 1. The minimum absolute atomic E-state index is 0.155. The molecule has 1 atom stereocenters. The number of nitrogens with one attached hydrogen (secondary N) is 2. The Bertz CT molecular complexity index is 628. The van der Waals surface area contributed by atoms with Gasteiger partial charge in [-0.1, -0.05) is 11.6 Å². The molecule has 2 aromatic rings. The first-order chi connectivity index (χ1) is 10.1. The van der Waals surface area contributed by atoms with Gasteiger partial charge < -0.3 is 15.1 Å². The summed E-state index contributed by atoms with van der Waals surface area (Å²) in [4.78, 5) is 27.4. The molecular weight excluding hydrogens is 294 g/mol. The molecular formula is C14H14ClN3O3. The van der Waals surface area contributed by atoms with Crippen LogP contribution in [0.15, 0.2) is 41.1 Å². The van der Waals surface area contributed by atoms with Gasteiger partial charge in [0, 0.05) is 11.2 Å². The lowest BCUT2D eigenvalue weighted by molar-refractivity contribution is -0.120. The van der Waals surface area contributed by atoms with Crippen LogP contribution in [0.25, 0.3) is 0 Å². The van der Waals surface area contributed by atoms with Crippen LogP contribution in [-0.2, 0) is 4.79 Å². The van der Waals surface area contributed by atoms with Crippen molar-refractivity contribution in [3.63, 3.8) is 0 Å². The monoisotopic (exact) mass is 307 g/mol. The summed E-state index contributed by atoms with van der Waals surface area (Å²) in [5, 5.41) is 5.59. The third-order valence-corrected chi connectivity index (χ3v) is 2.95. The van der Waals surface area contributed by atoms with E-state index in [-0.39, 0.29) is 24.2 Å². The maximum Gasteiger partial charge on any atom is 0.270 e. The van der Waals surface area contributed by atoms with Crippen molar-refractivity contribution < 1.29 is 14.0 Å². The lowest BCUT2D eigenvalue weighted by Crippen LogP contribution is -2.38. The molecule has 6 nitrogen and oxygen atoms in total. The van der Waals surface area contributed by atoms with Crippen molar-refractivity contribution in [1.82, 2.24) is 15.6 Å². The van der Waals surface area contributed by atoms with Crippen LogP contribution in [-0.4, -0.2) is 23.3 Å². The van der Waals surface area contributed by atoms with Gasteiger partial charge in [-0.15, -0.1) is 0 Å². The maximum atomic E-state index is 11.8. The molecule has 7 heteroatoms. The normalized spacial score (nSPS) is 11.7. The fourth-order valence-electron chi connectivity index (χ4n) is 1.68. The molecule has 0 aliphatic carbocycles. The number of hydrogen-bond donors (Lipinski definition) is 2. The highest BCUT2D eigenvalue weighted by Gasteiger charge is 2.13. The van der Waals surface area contributed by atoms with Crippen molar-refractivity contribution >= 4 is 23.4 Å². The molecule has 2 rings (SSSR count). The Labute approximate surface area is 126 Å². The zero-order valence-electron chi connectivity index (χ0n) is 11.3. The summed E-state index contributed by atoms with van der Waals surface area (Å²) in [6, 6.07) is 6.23. The zero-order chi connectivity index (χ0) is 15.2. The van der Waals surface area contributed by atoms with Crippen LogP contribution in [0.4, 0.5) is 0 Å². The standard InChI is InChI=1S/C14H14ClN3O3/c1-9(12-3-2-6-21-12)18-13(19)8-17-14(20)11-7-10(15)4-5-16-11/h2-7,9H,8H2,1H3,(H,17,20)(H,18,19)/t9-/m1/s1. The molecule has 0 aliphatic rings. The van der Waals surface area contributed by atoms with E-state index in [1.807, 2.05) is 0 Å². The highest BCUT2D eigenvalue weighted by atomic mass is 35.5. The van der Waals surface area contributed by atoms with E-state index in [1.165, 1.54) is 18.5 Å². The molecule has 0 aromatic carbocycles. The Morgan fingerprint density at radius 1 is 1.43 bits per heavy atom. The Hall–Kier alpha value is -2.34. The van der Waals surface area contributed by atoms with Gasteiger partial charge in [-0.2, -0.15) is 0 Å². The molecule has 2 heterocycles. The third-order valence-electron chi connectivity index (χ3n) is 2.71. The van der Waals surface area contributed by atoms with Gasteiger partial charge in [0.2, 0.25) is 5.91 Å². The predicted molar refractivity (Wildman–Crippen MR) is 76.8 cm³/mol. The number of aromatic nitrogens is 1. The zero-order valence-corrected chi connectivity index (χ0v) is 12.1. The quantitative estimate of drug-likeness (QED) is 0.884. The van der Waals surface area contributed by atoms with Gasteiger partial charge >= 0.3 is 0 Å². The Morgan fingerprint density at radius 2 is 2.24 bits per heavy atom. The first-order valence-electron chi connectivity index (χ1n) is 6.29. The van der Waals surface area contributed by atoms with Gasteiger partial charge in [0.1, 0.15) is 11.5 Å². The fraction of sp³-hybridized carbons (Fsp3) is 0.214. The fourth-order valence-corrected chi connectivity index (χ4v) is 1.84. The molecule has 0 saturated carbocycles. The predicted octanol–water partition coefficient (Wildman–Crippen LogP) is 1.94. The van der Waals surface area contributed by atoms with Crippen LogP contribution < -0.4 is 10.6 Å². The van der Waals surface area contributed by atoms with Crippen molar-refractivity contribution in [1.29, 1.82) is 0 Å². The van der Waals surface area contributed by atoms with Crippen LogP contribution in [0, 0.1) is 0 Å². The molecule has 2 amide bonds. The van der Waals surface area contributed by atoms with Gasteiger partial charge in [0.15, 0.2) is 0 Å². The lowest BCUT2D eigenvalue weighted by atomic mass is 10.2. The van der Waals surface area contributed by atoms with E-state index in [1.54, 1.807) is 25.1 Å². The van der Waals surface area contributed by atoms with E-state index in [0.717, 1.165) is 0 Å². The highest BCUT2D eigenvalue weighted by Crippen LogP contribution is 2.11. The van der Waals surface area contributed by atoms with Crippen molar-refractivity contribution in [3.05, 3.63) is 53.2 Å². The smallest absolute Gasteiger partial charge is 0.270 e. The number of carbonyl (C=O) groups excluding carboxylic acids is 2. The molecule has 21 heavy (non-hydrogen) atoms. The van der Waals surface area contributed by atoms with Crippen molar-refractivity contribution in [2.45, 2.75) is 13.0 Å². The molecule has 0 radical (unpaired) electrons. The molecule has 0 spiro atoms. The molecule has 0 bridgehead atoms. The topological polar surface area (TPSA) is 84.2 Å². The van der Waals surface area contributed by atoms with Gasteiger partial charge in [-0.3, -0.25) is 14.6 Å². The second kappa shape index (κ2) is 6.90. The van der Waals surface area contributed by atoms with Crippen LogP contribution in [0.2, 0.25) is 5.02 Å². The van der Waals surface area contributed by atoms with E-state index in [4.69, 9.17) is 16.0 Å². The van der Waals surface area contributed by atoms with E-state index in [0.29, 0.717) is 10.8 Å². The number of nitrogens with zero attached hydrogens (tertiary/aromatic N) is 1. The largest absolute Gasteiger partial charge is 0.467 e. The van der Waals surface area contributed by atoms with Gasteiger partial charge in [-0.25, -0.2) is 0 Å². The number of pyridine rings is 1. The summed E-state index contributed by atoms with van der Waals surface area (Å²) in [6.45, 7) is 1.63. The summed E-state index contributed by atoms with van der Waals surface area (Å²) in [7, 11) is 0.